The SMILES string of the molecule is O=C(NCCCl)NCc1ccccn1. The predicted octanol–water partition coefficient (Wildman–Crippen LogP) is 1.12. The van der Waals surface area contributed by atoms with Crippen molar-refractivity contribution in [2.24, 2.45) is 0 Å². The highest BCUT2D eigenvalue weighted by Crippen LogP contribution is 1.91. The van der Waals surface area contributed by atoms with Crippen LogP contribution in [0.1, 0.15) is 5.69 Å². The highest BCUT2D eigenvalue weighted by atomic mass is 35.5. The van der Waals surface area contributed by atoms with Gasteiger partial charge in [0.1, 0.15) is 0 Å². The first-order chi connectivity index (χ1) is 6.83. The molecule has 0 atom stereocenters. The van der Waals surface area contributed by atoms with Gasteiger partial charge < -0.3 is 10.6 Å². The van der Waals surface area contributed by atoms with Crippen molar-refractivity contribution in [3.8, 4) is 0 Å². The fourth-order valence-electron chi connectivity index (χ4n) is 0.897. The molecule has 1 aromatic rings. The van der Waals surface area contributed by atoms with Gasteiger partial charge in [0, 0.05) is 18.6 Å². The maximum absolute atomic E-state index is 11.1. The number of amides is 2. The Labute approximate surface area is 87.7 Å². The molecule has 0 spiro atoms. The molecule has 0 radical (unpaired) electrons. The van der Waals surface area contributed by atoms with Crippen LogP contribution in [0.2, 0.25) is 0 Å². The molecule has 1 rings (SSSR count). The van der Waals surface area contributed by atoms with E-state index in [1.807, 2.05) is 18.2 Å². The Hall–Kier alpha value is -1.29. The number of halogens is 1. The number of urea groups is 1. The molecule has 2 N–H and O–H groups in total. The van der Waals surface area contributed by atoms with Crippen LogP contribution < -0.4 is 10.6 Å². The van der Waals surface area contributed by atoms with Crippen LogP contribution in [0.25, 0.3) is 0 Å². The van der Waals surface area contributed by atoms with Gasteiger partial charge in [0.05, 0.1) is 12.2 Å². The van der Waals surface area contributed by atoms with Crippen LogP contribution in [-0.4, -0.2) is 23.4 Å². The number of hydrogen-bond donors (Lipinski definition) is 2. The number of hydrogen-bond acceptors (Lipinski definition) is 2. The number of aromatic nitrogens is 1. The summed E-state index contributed by atoms with van der Waals surface area (Å²) < 4.78 is 0. The summed E-state index contributed by atoms with van der Waals surface area (Å²) in [5.74, 6) is 0.414. The third-order valence-electron chi connectivity index (χ3n) is 1.54. The van der Waals surface area contributed by atoms with Crippen molar-refractivity contribution in [1.82, 2.24) is 15.6 Å². The molecule has 14 heavy (non-hydrogen) atoms. The molecule has 1 heterocycles. The zero-order valence-corrected chi connectivity index (χ0v) is 8.42. The van der Waals surface area contributed by atoms with Gasteiger partial charge >= 0.3 is 6.03 Å². The number of alkyl halides is 1. The van der Waals surface area contributed by atoms with Gasteiger partial charge in [-0.1, -0.05) is 6.07 Å². The smallest absolute Gasteiger partial charge is 0.315 e. The molecular weight excluding hydrogens is 202 g/mol. The number of rotatable bonds is 4. The van der Waals surface area contributed by atoms with Crippen LogP contribution in [0.5, 0.6) is 0 Å². The van der Waals surface area contributed by atoms with Crippen LogP contribution in [-0.2, 0) is 6.54 Å². The first-order valence-electron chi connectivity index (χ1n) is 4.30. The summed E-state index contributed by atoms with van der Waals surface area (Å²) in [6.45, 7) is 0.893. The number of nitrogens with one attached hydrogen (secondary N) is 2. The van der Waals surface area contributed by atoms with Gasteiger partial charge in [0.25, 0.3) is 0 Å². The van der Waals surface area contributed by atoms with Crippen LogP contribution in [0.15, 0.2) is 24.4 Å². The van der Waals surface area contributed by atoms with E-state index in [1.165, 1.54) is 0 Å². The Morgan fingerprint density at radius 2 is 2.29 bits per heavy atom. The Balaban J connectivity index is 2.24. The van der Waals surface area contributed by atoms with E-state index in [0.29, 0.717) is 19.0 Å². The van der Waals surface area contributed by atoms with E-state index in [0.717, 1.165) is 5.69 Å². The monoisotopic (exact) mass is 213 g/mol. The number of carbonyl (C=O) groups is 1. The summed E-state index contributed by atoms with van der Waals surface area (Å²) in [4.78, 5) is 15.1. The third kappa shape index (κ3) is 4.09. The van der Waals surface area contributed by atoms with Crippen molar-refractivity contribution in [3.05, 3.63) is 30.1 Å². The van der Waals surface area contributed by atoms with E-state index < -0.39 is 0 Å². The normalized spacial score (nSPS) is 9.50. The molecule has 5 heteroatoms. The second kappa shape index (κ2) is 6.21. The minimum absolute atomic E-state index is 0.226. The van der Waals surface area contributed by atoms with E-state index in [2.05, 4.69) is 15.6 Å². The van der Waals surface area contributed by atoms with Gasteiger partial charge in [-0.05, 0) is 12.1 Å². The van der Waals surface area contributed by atoms with E-state index in [1.54, 1.807) is 6.20 Å². The lowest BCUT2D eigenvalue weighted by Gasteiger charge is -2.05. The summed E-state index contributed by atoms with van der Waals surface area (Å²) >= 11 is 5.41. The van der Waals surface area contributed by atoms with Gasteiger partial charge in [0.2, 0.25) is 0 Å². The minimum atomic E-state index is -0.226. The molecule has 4 nitrogen and oxygen atoms in total. The first kappa shape index (κ1) is 10.8. The van der Waals surface area contributed by atoms with E-state index in [4.69, 9.17) is 11.6 Å². The number of nitrogens with zero attached hydrogens (tertiary/aromatic N) is 1. The summed E-state index contributed by atoms with van der Waals surface area (Å²) in [7, 11) is 0. The Morgan fingerprint density at radius 3 is 2.93 bits per heavy atom. The molecule has 0 saturated heterocycles. The number of carbonyl (C=O) groups excluding carboxylic acids is 1. The standard InChI is InChI=1S/C9H12ClN3O/c10-4-6-12-9(14)13-7-8-3-1-2-5-11-8/h1-3,5H,4,6-7H2,(H2,12,13,14). The molecule has 0 bridgehead atoms. The van der Waals surface area contributed by atoms with Crippen LogP contribution in [0.3, 0.4) is 0 Å². The van der Waals surface area contributed by atoms with Crippen LogP contribution >= 0.6 is 11.6 Å². The van der Waals surface area contributed by atoms with Crippen molar-refractivity contribution in [3.63, 3.8) is 0 Å². The molecule has 1 aromatic heterocycles. The van der Waals surface area contributed by atoms with Crippen molar-refractivity contribution >= 4 is 17.6 Å². The lowest BCUT2D eigenvalue weighted by Crippen LogP contribution is -2.36. The summed E-state index contributed by atoms with van der Waals surface area (Å²) in [5, 5.41) is 5.26. The third-order valence-corrected chi connectivity index (χ3v) is 1.73. The molecule has 0 unspecified atom stereocenters. The lowest BCUT2D eigenvalue weighted by atomic mass is 10.3. The Bertz CT molecular complexity index is 279. The summed E-state index contributed by atoms with van der Waals surface area (Å²) in [6, 6.07) is 5.33. The van der Waals surface area contributed by atoms with Crippen molar-refractivity contribution in [2.75, 3.05) is 12.4 Å². The molecule has 0 aliphatic carbocycles. The maximum Gasteiger partial charge on any atom is 0.315 e. The maximum atomic E-state index is 11.1. The average molecular weight is 214 g/mol. The highest BCUT2D eigenvalue weighted by Gasteiger charge is 1.98. The van der Waals surface area contributed by atoms with Crippen molar-refractivity contribution in [2.45, 2.75) is 6.54 Å². The first-order valence-corrected chi connectivity index (χ1v) is 4.84. The molecule has 0 saturated carbocycles. The molecule has 76 valence electrons. The second-order valence-electron chi connectivity index (χ2n) is 2.62. The topological polar surface area (TPSA) is 54.0 Å². The van der Waals surface area contributed by atoms with E-state index in [-0.39, 0.29) is 6.03 Å². The van der Waals surface area contributed by atoms with Gasteiger partial charge in [-0.15, -0.1) is 11.6 Å². The Morgan fingerprint density at radius 1 is 1.43 bits per heavy atom. The van der Waals surface area contributed by atoms with Crippen LogP contribution in [0, 0.1) is 0 Å². The van der Waals surface area contributed by atoms with Crippen LogP contribution in [0.4, 0.5) is 4.79 Å². The molecule has 0 aromatic carbocycles. The zero-order valence-electron chi connectivity index (χ0n) is 7.66. The summed E-state index contributed by atoms with van der Waals surface area (Å²) in [6.07, 6.45) is 1.69. The molecule has 0 aliphatic heterocycles. The fourth-order valence-corrected chi connectivity index (χ4v) is 0.991. The largest absolute Gasteiger partial charge is 0.337 e. The Kier molecular flexibility index (Phi) is 4.78. The second-order valence-corrected chi connectivity index (χ2v) is 3.00. The predicted molar refractivity (Wildman–Crippen MR) is 55.2 cm³/mol. The lowest BCUT2D eigenvalue weighted by molar-refractivity contribution is 0.241. The van der Waals surface area contributed by atoms with Gasteiger partial charge in [-0.25, -0.2) is 4.79 Å². The fraction of sp³-hybridized carbons (Fsp3) is 0.333. The van der Waals surface area contributed by atoms with Crippen molar-refractivity contribution in [1.29, 1.82) is 0 Å². The average Bonchev–Trinajstić information content (AvgIpc) is 2.25. The summed E-state index contributed by atoms with van der Waals surface area (Å²) in [5.41, 5.74) is 0.827. The number of pyridine rings is 1. The van der Waals surface area contributed by atoms with Crippen molar-refractivity contribution < 1.29 is 4.79 Å². The van der Waals surface area contributed by atoms with Gasteiger partial charge in [-0.2, -0.15) is 0 Å². The van der Waals surface area contributed by atoms with Gasteiger partial charge in [0.15, 0.2) is 0 Å². The quantitative estimate of drug-likeness (QED) is 0.737. The molecular formula is C9H12ClN3O. The molecule has 0 fully saturated rings. The molecule has 2 amide bonds. The van der Waals surface area contributed by atoms with Gasteiger partial charge in [-0.3, -0.25) is 4.98 Å². The van der Waals surface area contributed by atoms with E-state index >= 15 is 0 Å². The molecule has 0 aliphatic rings. The van der Waals surface area contributed by atoms with E-state index in [9.17, 15) is 4.79 Å². The highest BCUT2D eigenvalue weighted by molar-refractivity contribution is 6.18. The minimum Gasteiger partial charge on any atom is -0.337 e. The zero-order chi connectivity index (χ0) is 10.2.